The minimum atomic E-state index is -0.591. The number of likely N-dealkylation sites (tertiary alicyclic amines) is 1. The summed E-state index contributed by atoms with van der Waals surface area (Å²) in [5.74, 6) is -0.189. The largest absolute Gasteiger partial charge is 0.494 e. The van der Waals surface area contributed by atoms with E-state index in [1.165, 1.54) is 25.3 Å². The first-order valence-electron chi connectivity index (χ1n) is 12.0. The lowest BCUT2D eigenvalue weighted by atomic mass is 10.0. The highest BCUT2D eigenvalue weighted by atomic mass is 19.1. The van der Waals surface area contributed by atoms with Gasteiger partial charge in [0.25, 0.3) is 0 Å². The fourth-order valence-electron chi connectivity index (χ4n) is 4.93. The number of methoxy groups -OCH3 is 1. The number of rotatable bonds is 6. The van der Waals surface area contributed by atoms with E-state index < -0.39 is 5.82 Å². The highest BCUT2D eigenvalue weighted by molar-refractivity contribution is 5.87. The Morgan fingerprint density at radius 2 is 1.92 bits per heavy atom. The van der Waals surface area contributed by atoms with E-state index in [1.54, 1.807) is 56.8 Å². The third kappa shape index (κ3) is 4.37. The number of aryl methyl sites for hydroxylation is 1. The van der Waals surface area contributed by atoms with Crippen LogP contribution in [0.25, 0.3) is 16.7 Å². The van der Waals surface area contributed by atoms with Crippen LogP contribution >= 0.6 is 0 Å². The summed E-state index contributed by atoms with van der Waals surface area (Å²) in [4.78, 5) is 32.2. The maximum absolute atomic E-state index is 14.5. The molecule has 0 aliphatic carbocycles. The van der Waals surface area contributed by atoms with Crippen molar-refractivity contribution in [3.05, 3.63) is 89.4 Å². The minimum absolute atomic E-state index is 0.0385. The zero-order chi connectivity index (χ0) is 26.1. The van der Waals surface area contributed by atoms with Crippen LogP contribution in [-0.4, -0.2) is 45.1 Å². The molecule has 2 aromatic heterocycles. The Labute approximate surface area is 213 Å². The van der Waals surface area contributed by atoms with Gasteiger partial charge in [0.05, 0.1) is 36.1 Å². The molecule has 5 rings (SSSR count). The Balaban J connectivity index is 1.53. The molecule has 0 radical (unpaired) electrons. The molecule has 1 aliphatic heterocycles. The zero-order valence-corrected chi connectivity index (χ0v) is 20.7. The molecule has 2 aromatic carbocycles. The first-order valence-corrected chi connectivity index (χ1v) is 12.0. The summed E-state index contributed by atoms with van der Waals surface area (Å²) in [6.45, 7) is 6.60. The molecule has 1 saturated heterocycles. The van der Waals surface area contributed by atoms with Gasteiger partial charge in [-0.1, -0.05) is 12.6 Å². The second kappa shape index (κ2) is 9.93. The van der Waals surface area contributed by atoms with Gasteiger partial charge in [-0.15, -0.1) is 0 Å². The number of hydrogen-bond donors (Lipinski definition) is 0. The minimum Gasteiger partial charge on any atom is -0.494 e. The lowest BCUT2D eigenvalue weighted by Crippen LogP contribution is -2.42. The first kappa shape index (κ1) is 24.3. The smallest absolute Gasteiger partial charge is 0.334 e. The summed E-state index contributed by atoms with van der Waals surface area (Å²) in [5, 5.41) is 0. The molecule has 4 aromatic rings. The number of carbonyl (C=O) groups is 1. The van der Waals surface area contributed by atoms with Gasteiger partial charge in [0.1, 0.15) is 5.75 Å². The number of ether oxygens (including phenoxy) is 2. The summed E-state index contributed by atoms with van der Waals surface area (Å²) in [5.41, 5.74) is 2.74. The van der Waals surface area contributed by atoms with Gasteiger partial charge in [0, 0.05) is 19.3 Å². The van der Waals surface area contributed by atoms with Crippen molar-refractivity contribution in [1.82, 2.24) is 19.0 Å². The topological polar surface area (TPSA) is 78.6 Å². The Kier molecular flexibility index (Phi) is 6.52. The maximum Gasteiger partial charge on any atom is 0.334 e. The predicted molar refractivity (Wildman–Crippen MR) is 138 cm³/mol. The lowest BCUT2D eigenvalue weighted by Gasteiger charge is -2.32. The van der Waals surface area contributed by atoms with Crippen LogP contribution in [0.4, 0.5) is 4.39 Å². The molecule has 9 heteroatoms. The molecule has 3 heterocycles. The van der Waals surface area contributed by atoms with Gasteiger partial charge in [-0.05, 0) is 67.8 Å². The average molecular weight is 503 g/mol. The molecular formula is C28H27FN4O4. The van der Waals surface area contributed by atoms with Crippen molar-refractivity contribution in [3.8, 4) is 22.9 Å². The Morgan fingerprint density at radius 3 is 2.65 bits per heavy atom. The number of piperidine rings is 1. The van der Waals surface area contributed by atoms with Crippen molar-refractivity contribution in [2.75, 3.05) is 20.2 Å². The molecule has 37 heavy (non-hydrogen) atoms. The molecule has 1 amide bonds. The van der Waals surface area contributed by atoms with E-state index in [4.69, 9.17) is 9.47 Å². The fourth-order valence-corrected chi connectivity index (χ4v) is 4.93. The zero-order valence-electron chi connectivity index (χ0n) is 20.7. The van der Waals surface area contributed by atoms with Crippen LogP contribution in [0.1, 0.15) is 24.4 Å². The van der Waals surface area contributed by atoms with Crippen LogP contribution in [0.2, 0.25) is 0 Å². The van der Waals surface area contributed by atoms with E-state index >= 15 is 0 Å². The van der Waals surface area contributed by atoms with E-state index in [2.05, 4.69) is 11.6 Å². The average Bonchev–Trinajstić information content (AvgIpc) is 3.23. The monoisotopic (exact) mass is 502 g/mol. The van der Waals surface area contributed by atoms with Crippen molar-refractivity contribution in [2.24, 2.45) is 0 Å². The van der Waals surface area contributed by atoms with Crippen molar-refractivity contribution in [1.29, 1.82) is 0 Å². The van der Waals surface area contributed by atoms with Crippen LogP contribution in [0.5, 0.6) is 17.2 Å². The highest BCUT2D eigenvalue weighted by Crippen LogP contribution is 2.32. The van der Waals surface area contributed by atoms with Gasteiger partial charge in [0.2, 0.25) is 11.7 Å². The summed E-state index contributed by atoms with van der Waals surface area (Å²) in [6.07, 6.45) is 6.29. The van der Waals surface area contributed by atoms with E-state index in [0.29, 0.717) is 30.0 Å². The van der Waals surface area contributed by atoms with Gasteiger partial charge in [-0.3, -0.25) is 18.9 Å². The maximum atomic E-state index is 14.5. The quantitative estimate of drug-likeness (QED) is 0.355. The highest BCUT2D eigenvalue weighted by Gasteiger charge is 2.28. The normalized spacial score (nSPS) is 15.5. The summed E-state index contributed by atoms with van der Waals surface area (Å²) in [6, 6.07) is 11.4. The third-order valence-corrected chi connectivity index (χ3v) is 6.68. The van der Waals surface area contributed by atoms with Crippen molar-refractivity contribution >= 4 is 16.9 Å². The van der Waals surface area contributed by atoms with Crippen LogP contribution < -0.4 is 15.2 Å². The molecule has 190 valence electrons. The number of halogens is 1. The third-order valence-electron chi connectivity index (χ3n) is 6.68. The number of pyridine rings is 1. The van der Waals surface area contributed by atoms with Gasteiger partial charge >= 0.3 is 5.69 Å². The molecular weight excluding hydrogens is 475 g/mol. The predicted octanol–water partition coefficient (Wildman–Crippen LogP) is 4.79. The van der Waals surface area contributed by atoms with Gasteiger partial charge in [-0.2, -0.15) is 4.39 Å². The number of benzene rings is 2. The number of carbonyl (C=O) groups excluding carboxylic acids is 1. The molecule has 1 aliphatic rings. The van der Waals surface area contributed by atoms with Crippen LogP contribution in [0.15, 0.2) is 72.3 Å². The van der Waals surface area contributed by atoms with E-state index in [-0.39, 0.29) is 29.1 Å². The molecule has 0 N–H and O–H groups in total. The first-order chi connectivity index (χ1) is 17.9. The van der Waals surface area contributed by atoms with Crippen molar-refractivity contribution < 1.29 is 18.7 Å². The number of amides is 1. The number of aromatic nitrogens is 3. The Bertz CT molecular complexity index is 1540. The van der Waals surface area contributed by atoms with Gasteiger partial charge in [0.15, 0.2) is 11.5 Å². The van der Waals surface area contributed by atoms with Crippen LogP contribution in [0, 0.1) is 12.7 Å². The molecule has 1 atom stereocenters. The molecule has 0 spiro atoms. The van der Waals surface area contributed by atoms with Crippen LogP contribution in [0.3, 0.4) is 0 Å². The second-order valence-electron chi connectivity index (χ2n) is 8.96. The van der Waals surface area contributed by atoms with E-state index in [1.807, 2.05) is 6.92 Å². The summed E-state index contributed by atoms with van der Waals surface area (Å²) < 4.78 is 28.6. The van der Waals surface area contributed by atoms with E-state index in [9.17, 15) is 14.0 Å². The molecule has 0 bridgehead atoms. The van der Waals surface area contributed by atoms with Crippen molar-refractivity contribution in [3.63, 3.8) is 0 Å². The SMILES string of the molecule is C=CC(=O)N1CCC[C@@H](n2c(=O)n(-c3ccc(Oc4cccc(OC)c4F)cc3)c3cncc(C)c32)C1. The number of nitrogens with zero attached hydrogens (tertiary/aromatic N) is 4. The molecule has 0 unspecified atom stereocenters. The van der Waals surface area contributed by atoms with Gasteiger partial charge in [-0.25, -0.2) is 4.79 Å². The second-order valence-corrected chi connectivity index (χ2v) is 8.96. The lowest BCUT2D eigenvalue weighted by molar-refractivity contribution is -0.127. The number of fused-ring (bicyclic) bond motifs is 1. The van der Waals surface area contributed by atoms with E-state index in [0.717, 1.165) is 23.9 Å². The fraction of sp³-hybridized carbons (Fsp3) is 0.250. The Morgan fingerprint density at radius 1 is 1.16 bits per heavy atom. The molecule has 8 nitrogen and oxygen atoms in total. The molecule has 0 saturated carbocycles. The summed E-state index contributed by atoms with van der Waals surface area (Å²) >= 11 is 0. The van der Waals surface area contributed by atoms with Crippen molar-refractivity contribution in [2.45, 2.75) is 25.8 Å². The van der Waals surface area contributed by atoms with Gasteiger partial charge < -0.3 is 14.4 Å². The van der Waals surface area contributed by atoms with Crippen LogP contribution in [-0.2, 0) is 4.79 Å². The molecule has 1 fully saturated rings. The standard InChI is InChI=1S/C28H27FN4O4/c1-4-25(34)31-14-6-7-20(17-31)33-27-18(2)15-30-16-22(27)32(28(33)35)19-10-12-21(13-11-19)37-24-9-5-8-23(36-3)26(24)29/h4-5,8-13,15-16,20H,1,6-7,14,17H2,2-3H3/t20-/m1/s1. The summed E-state index contributed by atoms with van der Waals surface area (Å²) in [7, 11) is 1.39. The number of imidazole rings is 1. The number of hydrogen-bond acceptors (Lipinski definition) is 5. The Hall–Kier alpha value is -4.40.